The highest BCUT2D eigenvalue weighted by molar-refractivity contribution is 7.89. The van der Waals surface area contributed by atoms with E-state index >= 15 is 0 Å². The Morgan fingerprint density at radius 2 is 2.07 bits per heavy atom. The Morgan fingerprint density at radius 3 is 2.78 bits per heavy atom. The van der Waals surface area contributed by atoms with Gasteiger partial charge in [0.05, 0.1) is 23.7 Å². The van der Waals surface area contributed by atoms with Crippen molar-refractivity contribution >= 4 is 15.9 Å². The second-order valence-corrected chi connectivity index (χ2v) is 8.27. The van der Waals surface area contributed by atoms with Crippen LogP contribution >= 0.6 is 0 Å². The molecule has 0 unspecified atom stereocenters. The molecule has 1 aliphatic carbocycles. The maximum Gasteiger partial charge on any atom is 0.251 e. The number of benzene rings is 1. The lowest BCUT2D eigenvalue weighted by Gasteiger charge is -2.23. The van der Waals surface area contributed by atoms with Crippen LogP contribution in [0.3, 0.4) is 0 Å². The fourth-order valence-electron chi connectivity index (χ4n) is 3.24. The highest BCUT2D eigenvalue weighted by Gasteiger charge is 2.25. The number of fused-ring (bicyclic) bond motifs is 1. The molecule has 9 heteroatoms. The Kier molecular flexibility index (Phi) is 5.93. The summed E-state index contributed by atoms with van der Waals surface area (Å²) in [7, 11) is -0.204. The molecule has 27 heavy (non-hydrogen) atoms. The fraction of sp³-hybridized carbons (Fsp3) is 0.444. The molecular formula is C18H24N4O4S. The first-order valence-electron chi connectivity index (χ1n) is 8.82. The Bertz CT molecular complexity index is 906. The first kappa shape index (κ1) is 19.5. The molecule has 1 heterocycles. The van der Waals surface area contributed by atoms with Crippen molar-refractivity contribution in [2.75, 3.05) is 20.3 Å². The molecule has 1 aromatic heterocycles. The largest absolute Gasteiger partial charge is 0.383 e. The van der Waals surface area contributed by atoms with Gasteiger partial charge in [0, 0.05) is 37.5 Å². The van der Waals surface area contributed by atoms with Gasteiger partial charge >= 0.3 is 0 Å². The molecule has 0 saturated carbocycles. The fourth-order valence-corrected chi connectivity index (χ4v) is 4.26. The zero-order valence-electron chi connectivity index (χ0n) is 15.4. The number of hydrogen-bond acceptors (Lipinski definition) is 5. The van der Waals surface area contributed by atoms with Crippen LogP contribution in [0.4, 0.5) is 0 Å². The lowest BCUT2D eigenvalue weighted by Crippen LogP contribution is -2.31. The third-order valence-corrected chi connectivity index (χ3v) is 6.18. The van der Waals surface area contributed by atoms with Crippen LogP contribution in [0.1, 0.15) is 40.5 Å². The molecule has 0 fully saturated rings. The number of hydrogen-bond donors (Lipinski definition) is 2. The molecule has 1 atom stereocenters. The molecule has 8 nitrogen and oxygen atoms in total. The average molecular weight is 392 g/mol. The van der Waals surface area contributed by atoms with Gasteiger partial charge in [0.2, 0.25) is 10.0 Å². The molecule has 0 spiro atoms. The lowest BCUT2D eigenvalue weighted by molar-refractivity contribution is 0.0932. The van der Waals surface area contributed by atoms with E-state index in [1.807, 2.05) is 11.7 Å². The summed E-state index contributed by atoms with van der Waals surface area (Å²) in [5.74, 6) is -0.229. The Balaban J connectivity index is 1.68. The van der Waals surface area contributed by atoms with Gasteiger partial charge in [0.15, 0.2) is 0 Å². The van der Waals surface area contributed by atoms with Crippen molar-refractivity contribution in [3.05, 3.63) is 47.3 Å². The topological polar surface area (TPSA) is 102 Å². The second-order valence-electron chi connectivity index (χ2n) is 6.50. The number of aromatic nitrogens is 2. The standard InChI is InChI=1S/C18H24N4O4S/c1-22-17-5-3-4-16(15(17)12-19-22)21-18(23)13-6-8-14(9-7-13)27(24,25)20-10-11-26-2/h6-9,12,16,20H,3-5,10-11H2,1-2H3,(H,21,23)/t16-/m0/s1. The Hall–Kier alpha value is -2.23. The van der Waals surface area contributed by atoms with E-state index in [0.29, 0.717) is 5.56 Å². The van der Waals surface area contributed by atoms with Crippen LogP contribution in [-0.2, 0) is 28.2 Å². The number of rotatable bonds is 7. The average Bonchev–Trinajstić information content (AvgIpc) is 3.04. The minimum Gasteiger partial charge on any atom is -0.383 e. The van der Waals surface area contributed by atoms with Crippen LogP contribution in [0.5, 0.6) is 0 Å². The zero-order chi connectivity index (χ0) is 19.4. The summed E-state index contributed by atoms with van der Waals surface area (Å²) < 4.78 is 33.5. The van der Waals surface area contributed by atoms with Crippen LogP contribution in [0.25, 0.3) is 0 Å². The van der Waals surface area contributed by atoms with Gasteiger partial charge in [-0.1, -0.05) is 0 Å². The number of nitrogens with zero attached hydrogens (tertiary/aromatic N) is 2. The molecule has 0 bridgehead atoms. The number of ether oxygens (including phenoxy) is 1. The van der Waals surface area contributed by atoms with Gasteiger partial charge in [-0.15, -0.1) is 0 Å². The van der Waals surface area contributed by atoms with Gasteiger partial charge in [0.25, 0.3) is 5.91 Å². The maximum absolute atomic E-state index is 12.6. The van der Waals surface area contributed by atoms with Crippen LogP contribution in [0.2, 0.25) is 0 Å². The van der Waals surface area contributed by atoms with Gasteiger partial charge in [-0.2, -0.15) is 5.10 Å². The molecule has 0 aliphatic heterocycles. The molecule has 0 radical (unpaired) electrons. The Morgan fingerprint density at radius 1 is 1.33 bits per heavy atom. The van der Waals surface area contributed by atoms with Crippen molar-refractivity contribution in [1.82, 2.24) is 19.8 Å². The Labute approximate surface area is 159 Å². The number of amides is 1. The van der Waals surface area contributed by atoms with Crippen LogP contribution < -0.4 is 10.0 Å². The van der Waals surface area contributed by atoms with E-state index in [4.69, 9.17) is 4.74 Å². The number of carbonyl (C=O) groups excluding carboxylic acids is 1. The lowest BCUT2D eigenvalue weighted by atomic mass is 9.93. The van der Waals surface area contributed by atoms with Crippen LogP contribution in [-0.4, -0.2) is 44.4 Å². The van der Waals surface area contributed by atoms with Gasteiger partial charge < -0.3 is 10.1 Å². The van der Waals surface area contributed by atoms with Crippen molar-refractivity contribution in [3.63, 3.8) is 0 Å². The van der Waals surface area contributed by atoms with Crippen molar-refractivity contribution in [3.8, 4) is 0 Å². The minimum absolute atomic E-state index is 0.0749. The van der Waals surface area contributed by atoms with Crippen molar-refractivity contribution in [2.45, 2.75) is 30.2 Å². The second kappa shape index (κ2) is 8.20. The monoisotopic (exact) mass is 392 g/mol. The molecule has 2 N–H and O–H groups in total. The molecule has 1 aliphatic rings. The molecule has 2 aromatic rings. The third kappa shape index (κ3) is 4.37. The summed E-state index contributed by atoms with van der Waals surface area (Å²) in [5, 5.41) is 7.31. The van der Waals surface area contributed by atoms with E-state index in [1.165, 1.54) is 31.4 Å². The van der Waals surface area contributed by atoms with Gasteiger partial charge in [-0.05, 0) is 43.5 Å². The molecule has 3 rings (SSSR count). The number of nitrogens with one attached hydrogen (secondary N) is 2. The molecule has 1 amide bonds. The zero-order valence-corrected chi connectivity index (χ0v) is 16.3. The summed E-state index contributed by atoms with van der Waals surface area (Å²) in [4.78, 5) is 12.7. The van der Waals surface area contributed by atoms with Crippen molar-refractivity contribution in [2.24, 2.45) is 7.05 Å². The quantitative estimate of drug-likeness (QED) is 0.688. The predicted octanol–water partition coefficient (Wildman–Crippen LogP) is 1.15. The third-order valence-electron chi connectivity index (χ3n) is 4.71. The van der Waals surface area contributed by atoms with Crippen molar-refractivity contribution < 1.29 is 17.9 Å². The van der Waals surface area contributed by atoms with Gasteiger partial charge in [-0.3, -0.25) is 9.48 Å². The SMILES string of the molecule is COCCNS(=O)(=O)c1ccc(C(=O)N[C@H]2CCCc3c2cnn3C)cc1. The number of methoxy groups -OCH3 is 1. The predicted molar refractivity (Wildman–Crippen MR) is 99.9 cm³/mol. The van der Waals surface area contributed by atoms with E-state index in [2.05, 4.69) is 15.1 Å². The highest BCUT2D eigenvalue weighted by Crippen LogP contribution is 2.29. The summed E-state index contributed by atoms with van der Waals surface area (Å²) in [6.07, 6.45) is 4.61. The van der Waals surface area contributed by atoms with E-state index in [1.54, 1.807) is 6.20 Å². The summed E-state index contributed by atoms with van der Waals surface area (Å²) in [6, 6.07) is 5.83. The first-order valence-corrected chi connectivity index (χ1v) is 10.3. The van der Waals surface area contributed by atoms with Gasteiger partial charge in [0.1, 0.15) is 0 Å². The molecule has 1 aromatic carbocycles. The number of sulfonamides is 1. The van der Waals surface area contributed by atoms with Crippen LogP contribution in [0, 0.1) is 0 Å². The van der Waals surface area contributed by atoms with Gasteiger partial charge in [-0.25, -0.2) is 13.1 Å². The summed E-state index contributed by atoms with van der Waals surface area (Å²) >= 11 is 0. The summed E-state index contributed by atoms with van der Waals surface area (Å²) in [6.45, 7) is 0.480. The molecular weight excluding hydrogens is 368 g/mol. The number of carbonyl (C=O) groups is 1. The van der Waals surface area contributed by atoms with E-state index in [0.717, 1.165) is 30.5 Å². The van der Waals surface area contributed by atoms with E-state index < -0.39 is 10.0 Å². The maximum atomic E-state index is 12.6. The summed E-state index contributed by atoms with van der Waals surface area (Å²) in [5.41, 5.74) is 2.62. The minimum atomic E-state index is -3.61. The van der Waals surface area contributed by atoms with E-state index in [-0.39, 0.29) is 30.0 Å². The number of aryl methyl sites for hydroxylation is 1. The van der Waals surface area contributed by atoms with Crippen molar-refractivity contribution in [1.29, 1.82) is 0 Å². The molecule has 146 valence electrons. The normalized spacial score (nSPS) is 16.7. The van der Waals surface area contributed by atoms with Crippen LogP contribution in [0.15, 0.2) is 35.4 Å². The highest BCUT2D eigenvalue weighted by atomic mass is 32.2. The van der Waals surface area contributed by atoms with E-state index in [9.17, 15) is 13.2 Å². The first-order chi connectivity index (χ1) is 12.9. The smallest absolute Gasteiger partial charge is 0.251 e. The molecule has 0 saturated heterocycles.